The topological polar surface area (TPSA) is 65.8 Å². The molecule has 0 saturated heterocycles. The van der Waals surface area contributed by atoms with Gasteiger partial charge in [0.15, 0.2) is 0 Å². The van der Waals surface area contributed by atoms with E-state index in [0.717, 1.165) is 0 Å². The van der Waals surface area contributed by atoms with E-state index >= 15 is 0 Å². The standard InChI is InChI=1S/C10H10ClN3O/c1-7(5-12)6-14-10(15)9-4-8(11)2-3-13-9/h2-4,7H,6H2,1H3,(H,14,15). The Balaban J connectivity index is 2.59. The van der Waals surface area contributed by atoms with E-state index in [9.17, 15) is 4.79 Å². The van der Waals surface area contributed by atoms with Crippen LogP contribution in [0.4, 0.5) is 0 Å². The third kappa shape index (κ3) is 3.56. The van der Waals surface area contributed by atoms with E-state index in [1.165, 1.54) is 12.3 Å². The van der Waals surface area contributed by atoms with Crippen LogP contribution in [0.25, 0.3) is 0 Å². The zero-order valence-electron chi connectivity index (χ0n) is 8.20. The molecule has 0 aliphatic rings. The first kappa shape index (κ1) is 11.5. The second-order valence-corrected chi connectivity index (χ2v) is 3.54. The number of carbonyl (C=O) groups is 1. The van der Waals surface area contributed by atoms with Gasteiger partial charge in [0.05, 0.1) is 12.0 Å². The third-order valence-electron chi connectivity index (χ3n) is 1.74. The lowest BCUT2D eigenvalue weighted by Crippen LogP contribution is -2.28. The van der Waals surface area contributed by atoms with Gasteiger partial charge < -0.3 is 5.32 Å². The van der Waals surface area contributed by atoms with Gasteiger partial charge in [-0.1, -0.05) is 11.6 Å². The molecule has 0 radical (unpaired) electrons. The number of carbonyl (C=O) groups excluding carboxylic acids is 1. The summed E-state index contributed by atoms with van der Waals surface area (Å²) in [5, 5.41) is 11.6. The van der Waals surface area contributed by atoms with Gasteiger partial charge >= 0.3 is 0 Å². The number of nitriles is 1. The van der Waals surface area contributed by atoms with Gasteiger partial charge in [0.2, 0.25) is 0 Å². The fraction of sp³-hybridized carbons (Fsp3) is 0.300. The minimum absolute atomic E-state index is 0.215. The molecule has 1 amide bonds. The molecule has 78 valence electrons. The van der Waals surface area contributed by atoms with Crippen LogP contribution in [0.15, 0.2) is 18.3 Å². The molecule has 0 aromatic carbocycles. The first-order chi connectivity index (χ1) is 7.13. The lowest BCUT2D eigenvalue weighted by molar-refractivity contribution is 0.0946. The van der Waals surface area contributed by atoms with Gasteiger partial charge in [-0.25, -0.2) is 0 Å². The number of nitrogens with zero attached hydrogens (tertiary/aromatic N) is 2. The number of hydrogen-bond acceptors (Lipinski definition) is 3. The summed E-state index contributed by atoms with van der Waals surface area (Å²) in [5.41, 5.74) is 0.257. The van der Waals surface area contributed by atoms with Gasteiger partial charge in [0.1, 0.15) is 5.69 Å². The molecule has 1 rings (SSSR count). The van der Waals surface area contributed by atoms with Crippen molar-refractivity contribution in [2.45, 2.75) is 6.92 Å². The molecule has 0 saturated carbocycles. The van der Waals surface area contributed by atoms with Crippen molar-refractivity contribution in [3.8, 4) is 6.07 Å². The monoisotopic (exact) mass is 223 g/mol. The van der Waals surface area contributed by atoms with Gasteiger partial charge in [0, 0.05) is 17.8 Å². The second-order valence-electron chi connectivity index (χ2n) is 3.10. The normalized spacial score (nSPS) is 11.5. The van der Waals surface area contributed by atoms with Crippen LogP contribution < -0.4 is 5.32 Å². The van der Waals surface area contributed by atoms with Gasteiger partial charge in [-0.2, -0.15) is 5.26 Å². The summed E-state index contributed by atoms with van der Waals surface area (Å²) in [4.78, 5) is 15.3. The minimum atomic E-state index is -0.320. The summed E-state index contributed by atoms with van der Waals surface area (Å²) in [5.74, 6) is -0.535. The summed E-state index contributed by atoms with van der Waals surface area (Å²) in [6.07, 6.45) is 1.46. The fourth-order valence-corrected chi connectivity index (χ4v) is 1.07. The molecule has 0 aliphatic carbocycles. The first-order valence-electron chi connectivity index (χ1n) is 4.43. The van der Waals surface area contributed by atoms with Crippen LogP contribution in [0.5, 0.6) is 0 Å². The Kier molecular flexibility index (Phi) is 4.07. The Morgan fingerprint density at radius 3 is 3.13 bits per heavy atom. The van der Waals surface area contributed by atoms with E-state index in [0.29, 0.717) is 11.6 Å². The van der Waals surface area contributed by atoms with Crippen LogP contribution >= 0.6 is 11.6 Å². The molecular weight excluding hydrogens is 214 g/mol. The van der Waals surface area contributed by atoms with Crippen LogP contribution in [-0.2, 0) is 0 Å². The first-order valence-corrected chi connectivity index (χ1v) is 4.80. The average Bonchev–Trinajstić information content (AvgIpc) is 2.25. The molecule has 4 nitrogen and oxygen atoms in total. The predicted octanol–water partition coefficient (Wildman–Crippen LogP) is 1.62. The Bertz CT molecular complexity index is 400. The number of rotatable bonds is 3. The maximum absolute atomic E-state index is 11.5. The van der Waals surface area contributed by atoms with Crippen molar-refractivity contribution in [3.05, 3.63) is 29.0 Å². The molecule has 0 bridgehead atoms. The highest BCUT2D eigenvalue weighted by molar-refractivity contribution is 6.30. The molecule has 1 N–H and O–H groups in total. The number of halogens is 1. The van der Waals surface area contributed by atoms with E-state index in [-0.39, 0.29) is 17.5 Å². The van der Waals surface area contributed by atoms with Crippen molar-refractivity contribution in [3.63, 3.8) is 0 Å². The molecule has 15 heavy (non-hydrogen) atoms. The van der Waals surface area contributed by atoms with Gasteiger partial charge in [-0.05, 0) is 19.1 Å². The average molecular weight is 224 g/mol. The van der Waals surface area contributed by atoms with E-state index < -0.39 is 0 Å². The van der Waals surface area contributed by atoms with Crippen molar-refractivity contribution >= 4 is 17.5 Å². The molecule has 0 spiro atoms. The number of amides is 1. The minimum Gasteiger partial charge on any atom is -0.349 e. The summed E-state index contributed by atoms with van der Waals surface area (Å²) in [7, 11) is 0. The van der Waals surface area contributed by atoms with Crippen molar-refractivity contribution in [1.29, 1.82) is 5.26 Å². The van der Waals surface area contributed by atoms with E-state index in [1.807, 2.05) is 6.07 Å². The van der Waals surface area contributed by atoms with Gasteiger partial charge in [-0.3, -0.25) is 9.78 Å². The lowest BCUT2D eigenvalue weighted by Gasteiger charge is -2.05. The highest BCUT2D eigenvalue weighted by Gasteiger charge is 2.08. The Labute approximate surface area is 92.9 Å². The zero-order valence-corrected chi connectivity index (χ0v) is 8.95. The second kappa shape index (κ2) is 5.32. The number of nitrogens with one attached hydrogen (secondary N) is 1. The maximum Gasteiger partial charge on any atom is 0.269 e. The molecule has 1 aromatic rings. The SMILES string of the molecule is CC(C#N)CNC(=O)c1cc(Cl)ccn1. The number of aromatic nitrogens is 1. The quantitative estimate of drug-likeness (QED) is 0.847. The zero-order chi connectivity index (χ0) is 11.3. The van der Waals surface area contributed by atoms with Gasteiger partial charge in [-0.15, -0.1) is 0 Å². The largest absolute Gasteiger partial charge is 0.349 e. The smallest absolute Gasteiger partial charge is 0.269 e. The predicted molar refractivity (Wildman–Crippen MR) is 56.4 cm³/mol. The van der Waals surface area contributed by atoms with Crippen LogP contribution in [0.1, 0.15) is 17.4 Å². The highest BCUT2D eigenvalue weighted by Crippen LogP contribution is 2.07. The third-order valence-corrected chi connectivity index (χ3v) is 1.98. The van der Waals surface area contributed by atoms with Crippen molar-refractivity contribution < 1.29 is 4.79 Å². The highest BCUT2D eigenvalue weighted by atomic mass is 35.5. The Morgan fingerprint density at radius 2 is 2.53 bits per heavy atom. The number of pyridine rings is 1. The molecule has 5 heteroatoms. The van der Waals surface area contributed by atoms with Crippen molar-refractivity contribution in [2.24, 2.45) is 5.92 Å². The molecule has 0 fully saturated rings. The van der Waals surface area contributed by atoms with E-state index in [1.54, 1.807) is 13.0 Å². The molecule has 1 heterocycles. The molecule has 1 atom stereocenters. The Morgan fingerprint density at radius 1 is 1.80 bits per heavy atom. The lowest BCUT2D eigenvalue weighted by atomic mass is 10.2. The maximum atomic E-state index is 11.5. The van der Waals surface area contributed by atoms with Gasteiger partial charge in [0.25, 0.3) is 5.91 Å². The summed E-state index contributed by atoms with van der Waals surface area (Å²) in [6.45, 7) is 2.04. The summed E-state index contributed by atoms with van der Waals surface area (Å²) >= 11 is 5.71. The fourth-order valence-electron chi connectivity index (χ4n) is 0.911. The Hall–Kier alpha value is -1.60. The summed E-state index contributed by atoms with van der Waals surface area (Å²) in [6, 6.07) is 5.10. The van der Waals surface area contributed by atoms with E-state index in [2.05, 4.69) is 10.3 Å². The molecule has 0 aliphatic heterocycles. The molecular formula is C10H10ClN3O. The summed E-state index contributed by atoms with van der Waals surface area (Å²) < 4.78 is 0. The van der Waals surface area contributed by atoms with Crippen LogP contribution in [0.2, 0.25) is 5.02 Å². The number of hydrogen-bond donors (Lipinski definition) is 1. The van der Waals surface area contributed by atoms with Crippen LogP contribution in [0.3, 0.4) is 0 Å². The molecule has 1 aromatic heterocycles. The van der Waals surface area contributed by atoms with Crippen molar-refractivity contribution in [2.75, 3.05) is 6.54 Å². The van der Waals surface area contributed by atoms with Crippen LogP contribution in [-0.4, -0.2) is 17.4 Å². The van der Waals surface area contributed by atoms with Crippen LogP contribution in [0, 0.1) is 17.2 Å². The van der Waals surface area contributed by atoms with E-state index in [4.69, 9.17) is 16.9 Å². The molecule has 1 unspecified atom stereocenters. The van der Waals surface area contributed by atoms with Crippen molar-refractivity contribution in [1.82, 2.24) is 10.3 Å².